The van der Waals surface area contributed by atoms with Gasteiger partial charge in [-0.05, 0) is 60.1 Å². The Labute approximate surface area is 120 Å². The zero-order valence-corrected chi connectivity index (χ0v) is 12.4. The van der Waals surface area contributed by atoms with Crippen LogP contribution < -0.4 is 5.73 Å². The van der Waals surface area contributed by atoms with Crippen LogP contribution in [-0.2, 0) is 4.74 Å². The summed E-state index contributed by atoms with van der Waals surface area (Å²) in [6.45, 7) is 0. The molecule has 2 unspecified atom stereocenters. The minimum absolute atomic E-state index is 0.357. The van der Waals surface area contributed by atoms with Crippen LogP contribution in [0.3, 0.4) is 0 Å². The lowest BCUT2D eigenvalue weighted by molar-refractivity contribution is 0.106. The number of hydrogen-bond donors (Lipinski definition) is 1. The molecular weight excluding hydrogens is 341 g/mol. The molecule has 18 heavy (non-hydrogen) atoms. The van der Waals surface area contributed by atoms with Crippen LogP contribution in [0.5, 0.6) is 0 Å². The van der Waals surface area contributed by atoms with Gasteiger partial charge in [0.2, 0.25) is 5.95 Å². The number of rotatable bonds is 2. The molecule has 0 spiro atoms. The van der Waals surface area contributed by atoms with Crippen molar-refractivity contribution in [2.75, 3.05) is 12.8 Å². The summed E-state index contributed by atoms with van der Waals surface area (Å²) in [4.78, 5) is 4.46. The lowest BCUT2D eigenvalue weighted by Gasteiger charge is -2.15. The molecule has 0 amide bonds. The predicted octanol–water partition coefficient (Wildman–Crippen LogP) is 2.96. The smallest absolute Gasteiger partial charge is 0.201 e. The fourth-order valence-electron chi connectivity index (χ4n) is 2.84. The molecule has 0 saturated heterocycles. The van der Waals surface area contributed by atoms with E-state index in [1.165, 1.54) is 3.57 Å². The van der Waals surface area contributed by atoms with E-state index >= 15 is 0 Å². The van der Waals surface area contributed by atoms with Crippen LogP contribution in [-0.4, -0.2) is 22.8 Å². The van der Waals surface area contributed by atoms with Crippen LogP contribution in [0.2, 0.25) is 0 Å². The fraction of sp³-hybridized carbons (Fsp3) is 0.462. The van der Waals surface area contributed by atoms with E-state index in [0.29, 0.717) is 18.1 Å². The van der Waals surface area contributed by atoms with E-state index in [1.807, 2.05) is 0 Å². The molecule has 3 rings (SSSR count). The molecule has 0 radical (unpaired) electrons. The molecular formula is C13H16IN3O. The Kier molecular flexibility index (Phi) is 3.19. The molecule has 96 valence electrons. The standard InChI is InChI=1S/C13H16IN3O/c1-18-10-4-3-9(7-10)17-12-5-2-8(14)6-11(12)16-13(17)15/h2,5-6,9-10H,3-4,7H2,1H3,(H2,15,16). The highest BCUT2D eigenvalue weighted by Gasteiger charge is 2.28. The number of anilines is 1. The van der Waals surface area contributed by atoms with Crippen molar-refractivity contribution >= 4 is 39.6 Å². The zero-order chi connectivity index (χ0) is 12.7. The van der Waals surface area contributed by atoms with Crippen LogP contribution >= 0.6 is 22.6 Å². The van der Waals surface area contributed by atoms with Gasteiger partial charge in [-0.2, -0.15) is 0 Å². The van der Waals surface area contributed by atoms with Crippen LogP contribution in [0, 0.1) is 3.57 Å². The van der Waals surface area contributed by atoms with Gasteiger partial charge in [0.25, 0.3) is 0 Å². The summed E-state index contributed by atoms with van der Waals surface area (Å²) in [7, 11) is 1.78. The lowest BCUT2D eigenvalue weighted by Crippen LogP contribution is -2.11. The highest BCUT2D eigenvalue weighted by molar-refractivity contribution is 14.1. The molecule has 2 aromatic rings. The second-order valence-corrected chi connectivity index (χ2v) is 6.04. The zero-order valence-electron chi connectivity index (χ0n) is 10.3. The maximum absolute atomic E-state index is 6.08. The van der Waals surface area contributed by atoms with Crippen LogP contribution in [0.4, 0.5) is 5.95 Å². The number of hydrogen-bond acceptors (Lipinski definition) is 3. The number of aromatic nitrogens is 2. The minimum Gasteiger partial charge on any atom is -0.381 e. The molecule has 2 N–H and O–H groups in total. The van der Waals surface area contributed by atoms with Crippen LogP contribution in [0.15, 0.2) is 18.2 Å². The summed E-state index contributed by atoms with van der Waals surface area (Å²) in [5.74, 6) is 0.619. The molecule has 1 fully saturated rings. The van der Waals surface area contributed by atoms with E-state index in [-0.39, 0.29) is 0 Å². The molecule has 1 aromatic heterocycles. The Morgan fingerprint density at radius 1 is 1.44 bits per heavy atom. The molecule has 5 heteroatoms. The molecule has 1 aromatic carbocycles. The predicted molar refractivity (Wildman–Crippen MR) is 80.5 cm³/mol. The van der Waals surface area contributed by atoms with Crippen LogP contribution in [0.1, 0.15) is 25.3 Å². The number of fused-ring (bicyclic) bond motifs is 1. The first-order valence-corrected chi connectivity index (χ1v) is 7.22. The Hall–Kier alpha value is -0.820. The van der Waals surface area contributed by atoms with E-state index in [0.717, 1.165) is 30.3 Å². The molecule has 1 aliphatic rings. The summed E-state index contributed by atoms with van der Waals surface area (Å²) >= 11 is 2.30. The van der Waals surface area contributed by atoms with Gasteiger partial charge in [-0.3, -0.25) is 0 Å². The maximum atomic E-state index is 6.08. The molecule has 4 nitrogen and oxygen atoms in total. The van der Waals surface area contributed by atoms with E-state index in [1.54, 1.807) is 7.11 Å². The monoisotopic (exact) mass is 357 g/mol. The Bertz CT molecular complexity index is 581. The van der Waals surface area contributed by atoms with Gasteiger partial charge in [-0.15, -0.1) is 0 Å². The van der Waals surface area contributed by atoms with Crippen molar-refractivity contribution < 1.29 is 4.74 Å². The number of halogens is 1. The average molecular weight is 357 g/mol. The normalized spacial score (nSPS) is 23.9. The molecule has 0 bridgehead atoms. The van der Waals surface area contributed by atoms with Crippen LogP contribution in [0.25, 0.3) is 11.0 Å². The second kappa shape index (κ2) is 4.70. The van der Waals surface area contributed by atoms with Gasteiger partial charge in [0, 0.05) is 16.7 Å². The second-order valence-electron chi connectivity index (χ2n) is 4.80. The molecule has 1 heterocycles. The van der Waals surface area contributed by atoms with Gasteiger partial charge >= 0.3 is 0 Å². The first-order valence-electron chi connectivity index (χ1n) is 6.15. The first-order chi connectivity index (χ1) is 8.69. The summed E-state index contributed by atoms with van der Waals surface area (Å²) in [6, 6.07) is 6.70. The summed E-state index contributed by atoms with van der Waals surface area (Å²) in [6.07, 6.45) is 3.60. The third-order valence-corrected chi connectivity index (χ3v) is 4.41. The van der Waals surface area contributed by atoms with Gasteiger partial charge in [0.15, 0.2) is 0 Å². The number of benzene rings is 1. The van der Waals surface area contributed by atoms with Crippen molar-refractivity contribution in [3.05, 3.63) is 21.8 Å². The van der Waals surface area contributed by atoms with Gasteiger partial charge in [0.05, 0.1) is 17.1 Å². The highest BCUT2D eigenvalue weighted by atomic mass is 127. The fourth-order valence-corrected chi connectivity index (χ4v) is 3.32. The summed E-state index contributed by atoms with van der Waals surface area (Å²) in [5, 5.41) is 0. The summed E-state index contributed by atoms with van der Waals surface area (Å²) < 4.78 is 8.79. The number of nitrogen functional groups attached to an aromatic ring is 1. The molecule has 2 atom stereocenters. The van der Waals surface area contributed by atoms with Crippen molar-refractivity contribution in [1.82, 2.24) is 9.55 Å². The van der Waals surface area contributed by atoms with Gasteiger partial charge in [-0.1, -0.05) is 0 Å². The van der Waals surface area contributed by atoms with Crippen molar-refractivity contribution in [2.24, 2.45) is 0 Å². The number of imidazole rings is 1. The molecule has 1 saturated carbocycles. The average Bonchev–Trinajstić information content (AvgIpc) is 2.91. The van der Waals surface area contributed by atoms with Crippen molar-refractivity contribution in [3.8, 4) is 0 Å². The van der Waals surface area contributed by atoms with Crippen molar-refractivity contribution in [3.63, 3.8) is 0 Å². The Morgan fingerprint density at radius 2 is 2.28 bits per heavy atom. The van der Waals surface area contributed by atoms with E-state index in [9.17, 15) is 0 Å². The topological polar surface area (TPSA) is 53.1 Å². The number of nitrogens with zero attached hydrogens (tertiary/aromatic N) is 2. The highest BCUT2D eigenvalue weighted by Crippen LogP contribution is 2.36. The SMILES string of the molecule is COC1CCC(n2c(N)nc3cc(I)ccc32)C1. The quantitative estimate of drug-likeness (QED) is 0.841. The number of nitrogens with two attached hydrogens (primary N) is 1. The first kappa shape index (κ1) is 12.2. The Morgan fingerprint density at radius 3 is 3.00 bits per heavy atom. The van der Waals surface area contributed by atoms with E-state index in [4.69, 9.17) is 10.5 Å². The van der Waals surface area contributed by atoms with Gasteiger partial charge in [-0.25, -0.2) is 4.98 Å². The van der Waals surface area contributed by atoms with E-state index < -0.39 is 0 Å². The largest absolute Gasteiger partial charge is 0.381 e. The summed E-state index contributed by atoms with van der Waals surface area (Å²) in [5.41, 5.74) is 8.20. The number of methoxy groups -OCH3 is 1. The van der Waals surface area contributed by atoms with Gasteiger partial charge < -0.3 is 15.0 Å². The third kappa shape index (κ3) is 1.99. The number of ether oxygens (including phenoxy) is 1. The lowest BCUT2D eigenvalue weighted by atomic mass is 10.2. The van der Waals surface area contributed by atoms with Crippen molar-refractivity contribution in [1.29, 1.82) is 0 Å². The minimum atomic E-state index is 0.357. The van der Waals surface area contributed by atoms with Crippen molar-refractivity contribution in [2.45, 2.75) is 31.4 Å². The Balaban J connectivity index is 2.04. The molecule has 0 aliphatic heterocycles. The maximum Gasteiger partial charge on any atom is 0.201 e. The third-order valence-electron chi connectivity index (χ3n) is 3.73. The molecule has 1 aliphatic carbocycles. The van der Waals surface area contributed by atoms with Gasteiger partial charge in [0.1, 0.15) is 0 Å². The van der Waals surface area contributed by atoms with E-state index in [2.05, 4.69) is 50.3 Å².